The summed E-state index contributed by atoms with van der Waals surface area (Å²) >= 11 is 0. The quantitative estimate of drug-likeness (QED) is 0.695. The Balaban J connectivity index is 2.11. The summed E-state index contributed by atoms with van der Waals surface area (Å²) in [5, 5.41) is 12.1. The van der Waals surface area contributed by atoms with Gasteiger partial charge in [-0.05, 0) is 31.5 Å². The minimum atomic E-state index is -0.00722. The first-order chi connectivity index (χ1) is 5.90. The highest BCUT2D eigenvalue weighted by atomic mass is 16.4. The first-order valence-corrected chi connectivity index (χ1v) is 4.33. The second-order valence-electron chi connectivity index (χ2n) is 3.11. The number of hydrogen-bond donors (Lipinski definition) is 2. The van der Waals surface area contributed by atoms with Crippen LogP contribution in [0.1, 0.15) is 30.4 Å². The average molecular weight is 167 g/mol. The molecule has 12 heavy (non-hydrogen) atoms. The molecule has 1 aliphatic rings. The fourth-order valence-electron chi connectivity index (χ4n) is 1.59. The van der Waals surface area contributed by atoms with Gasteiger partial charge in [-0.25, -0.2) is 0 Å². The maximum Gasteiger partial charge on any atom is 0.129 e. The predicted molar refractivity (Wildman–Crippen MR) is 44.6 cm³/mol. The predicted octanol–water partition coefficient (Wildman–Crippen LogP) is 1.20. The number of aliphatic hydroxyl groups is 1. The van der Waals surface area contributed by atoms with Gasteiger partial charge >= 0.3 is 0 Å². The Bertz CT molecular complexity index is 251. The molecule has 0 unspecified atom stereocenters. The highest BCUT2D eigenvalue weighted by Crippen LogP contribution is 2.24. The van der Waals surface area contributed by atoms with Crippen LogP contribution in [0.15, 0.2) is 16.5 Å². The maximum absolute atomic E-state index is 8.78. The first kappa shape index (κ1) is 7.83. The molecule has 1 fully saturated rings. The van der Waals surface area contributed by atoms with Gasteiger partial charge in [0.2, 0.25) is 0 Å². The Morgan fingerprint density at radius 3 is 3.08 bits per heavy atom. The van der Waals surface area contributed by atoms with Crippen LogP contribution in [-0.2, 0) is 6.61 Å². The summed E-state index contributed by atoms with van der Waals surface area (Å²) in [5.74, 6) is 1.61. The van der Waals surface area contributed by atoms with Crippen molar-refractivity contribution < 1.29 is 9.52 Å². The van der Waals surface area contributed by atoms with Gasteiger partial charge in [0, 0.05) is 0 Å². The van der Waals surface area contributed by atoms with Gasteiger partial charge in [-0.1, -0.05) is 0 Å². The van der Waals surface area contributed by atoms with Crippen molar-refractivity contribution in [2.75, 3.05) is 6.54 Å². The van der Waals surface area contributed by atoms with Crippen molar-refractivity contribution in [1.82, 2.24) is 5.32 Å². The minimum absolute atomic E-state index is 0.00722. The van der Waals surface area contributed by atoms with Gasteiger partial charge in [0.05, 0.1) is 6.04 Å². The lowest BCUT2D eigenvalue weighted by molar-refractivity contribution is 0.240. The van der Waals surface area contributed by atoms with Crippen molar-refractivity contribution in [3.05, 3.63) is 23.7 Å². The van der Waals surface area contributed by atoms with Gasteiger partial charge in [-0.15, -0.1) is 0 Å². The molecule has 3 nitrogen and oxygen atoms in total. The van der Waals surface area contributed by atoms with Crippen molar-refractivity contribution in [1.29, 1.82) is 0 Å². The van der Waals surface area contributed by atoms with E-state index in [1.54, 1.807) is 0 Å². The van der Waals surface area contributed by atoms with Crippen molar-refractivity contribution in [2.24, 2.45) is 0 Å². The first-order valence-electron chi connectivity index (χ1n) is 4.33. The molecule has 1 aromatic heterocycles. The second kappa shape index (κ2) is 3.29. The van der Waals surface area contributed by atoms with Gasteiger partial charge in [0.25, 0.3) is 0 Å². The summed E-state index contributed by atoms with van der Waals surface area (Å²) in [6, 6.07) is 4.13. The van der Waals surface area contributed by atoms with Crippen molar-refractivity contribution >= 4 is 0 Å². The summed E-state index contributed by atoms with van der Waals surface area (Å²) in [7, 11) is 0. The number of aliphatic hydroxyl groups excluding tert-OH is 1. The Labute approximate surface area is 71.4 Å². The normalized spacial score (nSPS) is 23.2. The summed E-state index contributed by atoms with van der Waals surface area (Å²) in [5.41, 5.74) is 0. The van der Waals surface area contributed by atoms with Gasteiger partial charge in [-0.2, -0.15) is 0 Å². The largest absolute Gasteiger partial charge is 0.462 e. The minimum Gasteiger partial charge on any atom is -0.462 e. The van der Waals surface area contributed by atoms with Crippen molar-refractivity contribution in [3.63, 3.8) is 0 Å². The van der Waals surface area contributed by atoms with Crippen LogP contribution < -0.4 is 5.32 Å². The zero-order chi connectivity index (χ0) is 8.39. The highest BCUT2D eigenvalue weighted by Gasteiger charge is 2.18. The van der Waals surface area contributed by atoms with E-state index in [-0.39, 0.29) is 6.61 Å². The smallest absolute Gasteiger partial charge is 0.129 e. The Kier molecular flexibility index (Phi) is 2.15. The summed E-state index contributed by atoms with van der Waals surface area (Å²) in [6.07, 6.45) is 2.35. The van der Waals surface area contributed by atoms with Crippen LogP contribution in [-0.4, -0.2) is 11.7 Å². The molecule has 2 N–H and O–H groups in total. The molecule has 0 bridgehead atoms. The summed E-state index contributed by atoms with van der Waals surface area (Å²) in [6.45, 7) is 1.06. The summed E-state index contributed by atoms with van der Waals surface area (Å²) < 4.78 is 5.40. The van der Waals surface area contributed by atoms with Crippen LogP contribution in [0.2, 0.25) is 0 Å². The lowest BCUT2D eigenvalue weighted by Crippen LogP contribution is -2.11. The third kappa shape index (κ3) is 1.38. The molecule has 0 amide bonds. The molecule has 0 aliphatic carbocycles. The number of furan rings is 1. The molecule has 0 saturated carbocycles. The van der Waals surface area contributed by atoms with Crippen LogP contribution in [0.4, 0.5) is 0 Å². The monoisotopic (exact) mass is 167 g/mol. The summed E-state index contributed by atoms with van der Waals surface area (Å²) in [4.78, 5) is 0. The molecule has 0 aromatic carbocycles. The molecule has 1 saturated heterocycles. The molecule has 1 aliphatic heterocycles. The van der Waals surface area contributed by atoms with Crippen LogP contribution in [0.5, 0.6) is 0 Å². The van der Waals surface area contributed by atoms with E-state index in [9.17, 15) is 0 Å². The van der Waals surface area contributed by atoms with Gasteiger partial charge < -0.3 is 14.8 Å². The standard InChI is InChI=1S/C9H13NO2/c11-6-7-3-4-9(12-7)8-2-1-5-10-8/h3-4,8,10-11H,1-2,5-6H2/t8-/m1/s1. The van der Waals surface area contributed by atoms with E-state index in [1.807, 2.05) is 12.1 Å². The topological polar surface area (TPSA) is 45.4 Å². The molecule has 2 heterocycles. The van der Waals surface area contributed by atoms with Crippen LogP contribution in [0.3, 0.4) is 0 Å². The highest BCUT2D eigenvalue weighted by molar-refractivity contribution is 5.11. The third-order valence-corrected chi connectivity index (χ3v) is 2.24. The number of hydrogen-bond acceptors (Lipinski definition) is 3. The molecular formula is C9H13NO2. The van der Waals surface area contributed by atoms with E-state index in [0.29, 0.717) is 11.8 Å². The Morgan fingerprint density at radius 2 is 2.50 bits per heavy atom. The van der Waals surface area contributed by atoms with E-state index in [0.717, 1.165) is 18.7 Å². The average Bonchev–Trinajstić information content (AvgIpc) is 2.75. The van der Waals surface area contributed by atoms with Crippen LogP contribution in [0, 0.1) is 0 Å². The fraction of sp³-hybridized carbons (Fsp3) is 0.556. The molecule has 3 heteroatoms. The van der Waals surface area contributed by atoms with Crippen molar-refractivity contribution in [2.45, 2.75) is 25.5 Å². The third-order valence-electron chi connectivity index (χ3n) is 2.24. The van der Waals surface area contributed by atoms with E-state index in [4.69, 9.17) is 9.52 Å². The lowest BCUT2D eigenvalue weighted by atomic mass is 10.2. The second-order valence-corrected chi connectivity index (χ2v) is 3.11. The van der Waals surface area contributed by atoms with Crippen molar-refractivity contribution in [3.8, 4) is 0 Å². The molecule has 1 atom stereocenters. The van der Waals surface area contributed by atoms with Crippen LogP contribution >= 0.6 is 0 Å². The van der Waals surface area contributed by atoms with E-state index in [2.05, 4.69) is 5.32 Å². The van der Waals surface area contributed by atoms with E-state index >= 15 is 0 Å². The molecule has 2 rings (SSSR count). The zero-order valence-corrected chi connectivity index (χ0v) is 6.92. The Hall–Kier alpha value is -0.800. The molecule has 0 spiro atoms. The zero-order valence-electron chi connectivity index (χ0n) is 6.92. The molecule has 0 radical (unpaired) electrons. The molecule has 1 aromatic rings. The van der Waals surface area contributed by atoms with E-state index in [1.165, 1.54) is 6.42 Å². The number of nitrogens with one attached hydrogen (secondary N) is 1. The number of rotatable bonds is 2. The fourth-order valence-corrected chi connectivity index (χ4v) is 1.59. The Morgan fingerprint density at radius 1 is 1.58 bits per heavy atom. The lowest BCUT2D eigenvalue weighted by Gasteiger charge is -2.04. The maximum atomic E-state index is 8.78. The van der Waals surface area contributed by atoms with Crippen LogP contribution in [0.25, 0.3) is 0 Å². The van der Waals surface area contributed by atoms with E-state index < -0.39 is 0 Å². The van der Waals surface area contributed by atoms with Gasteiger partial charge in [-0.3, -0.25) is 0 Å². The van der Waals surface area contributed by atoms with Gasteiger partial charge in [0.1, 0.15) is 18.1 Å². The molecule has 66 valence electrons. The molecular weight excluding hydrogens is 154 g/mol. The SMILES string of the molecule is OCc1ccc([C@H]2CCCN2)o1. The van der Waals surface area contributed by atoms with Gasteiger partial charge in [0.15, 0.2) is 0 Å².